The summed E-state index contributed by atoms with van der Waals surface area (Å²) < 4.78 is 5.45. The number of nitrogens with zero attached hydrogens (tertiary/aromatic N) is 2. The lowest BCUT2D eigenvalue weighted by Gasteiger charge is -2.34. The molecule has 1 atom stereocenters. The van der Waals surface area contributed by atoms with Gasteiger partial charge in [-0.2, -0.15) is 0 Å². The van der Waals surface area contributed by atoms with Crippen molar-refractivity contribution in [1.82, 2.24) is 15.2 Å². The van der Waals surface area contributed by atoms with Crippen LogP contribution in [-0.4, -0.2) is 48.6 Å². The lowest BCUT2D eigenvalue weighted by atomic mass is 10.1. The summed E-state index contributed by atoms with van der Waals surface area (Å²) in [4.78, 5) is 19.0. The SMILES string of the molecule is Cc1ccc(Cl)c(C(=O)NCC(c2ccncc2)N2CCOCC2)c1. The van der Waals surface area contributed by atoms with E-state index in [0.717, 1.165) is 24.2 Å². The Morgan fingerprint density at radius 1 is 1.28 bits per heavy atom. The van der Waals surface area contributed by atoms with Gasteiger partial charge in [0.15, 0.2) is 0 Å². The molecule has 1 saturated heterocycles. The van der Waals surface area contributed by atoms with Gasteiger partial charge in [-0.25, -0.2) is 0 Å². The molecular weight excluding hydrogens is 338 g/mol. The lowest BCUT2D eigenvalue weighted by Crippen LogP contribution is -2.43. The first kappa shape index (κ1) is 17.9. The number of benzene rings is 1. The van der Waals surface area contributed by atoms with E-state index >= 15 is 0 Å². The Bertz CT molecular complexity index is 718. The molecule has 1 N–H and O–H groups in total. The van der Waals surface area contributed by atoms with Crippen LogP contribution in [0, 0.1) is 6.92 Å². The molecule has 1 fully saturated rings. The topological polar surface area (TPSA) is 54.5 Å². The quantitative estimate of drug-likeness (QED) is 0.891. The zero-order valence-electron chi connectivity index (χ0n) is 14.2. The number of ether oxygens (including phenoxy) is 1. The highest BCUT2D eigenvalue weighted by Crippen LogP contribution is 2.22. The van der Waals surface area contributed by atoms with E-state index in [9.17, 15) is 4.79 Å². The minimum absolute atomic E-state index is 0.0828. The van der Waals surface area contributed by atoms with Crippen molar-refractivity contribution in [2.75, 3.05) is 32.8 Å². The number of morpholine rings is 1. The number of rotatable bonds is 5. The maximum Gasteiger partial charge on any atom is 0.252 e. The van der Waals surface area contributed by atoms with Crippen LogP contribution in [0.25, 0.3) is 0 Å². The van der Waals surface area contributed by atoms with Crippen molar-refractivity contribution in [2.24, 2.45) is 0 Å². The highest BCUT2D eigenvalue weighted by molar-refractivity contribution is 6.33. The molecule has 2 aromatic rings. The first-order valence-corrected chi connectivity index (χ1v) is 8.79. The van der Waals surface area contributed by atoms with Gasteiger partial charge >= 0.3 is 0 Å². The molecule has 2 heterocycles. The van der Waals surface area contributed by atoms with Gasteiger partial charge in [0.1, 0.15) is 0 Å². The molecule has 25 heavy (non-hydrogen) atoms. The average Bonchev–Trinajstić information content (AvgIpc) is 2.65. The monoisotopic (exact) mass is 359 g/mol. The minimum atomic E-state index is -0.152. The number of amides is 1. The Balaban J connectivity index is 1.74. The van der Waals surface area contributed by atoms with E-state index in [0.29, 0.717) is 30.3 Å². The van der Waals surface area contributed by atoms with Crippen LogP contribution in [-0.2, 0) is 4.74 Å². The summed E-state index contributed by atoms with van der Waals surface area (Å²) in [5.41, 5.74) is 2.65. The average molecular weight is 360 g/mol. The van der Waals surface area contributed by atoms with E-state index in [1.54, 1.807) is 18.5 Å². The number of nitrogens with one attached hydrogen (secondary N) is 1. The first-order chi connectivity index (χ1) is 12.1. The fraction of sp³-hybridized carbons (Fsp3) is 0.368. The van der Waals surface area contributed by atoms with E-state index in [1.165, 1.54) is 0 Å². The van der Waals surface area contributed by atoms with E-state index < -0.39 is 0 Å². The second-order valence-electron chi connectivity index (χ2n) is 6.14. The van der Waals surface area contributed by atoms with Gasteiger partial charge in [-0.15, -0.1) is 0 Å². The molecule has 1 aliphatic rings. The number of aryl methyl sites for hydroxylation is 1. The van der Waals surface area contributed by atoms with Gasteiger partial charge in [-0.05, 0) is 36.8 Å². The number of carbonyl (C=O) groups is 1. The fourth-order valence-electron chi connectivity index (χ4n) is 3.03. The highest BCUT2D eigenvalue weighted by Gasteiger charge is 2.23. The molecule has 1 unspecified atom stereocenters. The van der Waals surface area contributed by atoms with Gasteiger partial charge in [0, 0.05) is 32.0 Å². The number of pyridine rings is 1. The second kappa shape index (κ2) is 8.43. The second-order valence-corrected chi connectivity index (χ2v) is 6.55. The summed E-state index contributed by atoms with van der Waals surface area (Å²) in [6.07, 6.45) is 3.56. The Kier molecular flexibility index (Phi) is 6.02. The lowest BCUT2D eigenvalue weighted by molar-refractivity contribution is 0.0162. The smallest absolute Gasteiger partial charge is 0.252 e. The largest absolute Gasteiger partial charge is 0.379 e. The molecule has 1 aromatic carbocycles. The third-order valence-corrected chi connectivity index (χ3v) is 4.73. The molecule has 0 radical (unpaired) electrons. The van der Waals surface area contributed by atoms with Crippen molar-refractivity contribution >= 4 is 17.5 Å². The summed E-state index contributed by atoms with van der Waals surface area (Å²) in [6.45, 7) is 5.55. The Morgan fingerprint density at radius 2 is 2.00 bits per heavy atom. The van der Waals surface area contributed by atoms with Crippen LogP contribution in [0.4, 0.5) is 0 Å². The van der Waals surface area contributed by atoms with Crippen LogP contribution in [0.15, 0.2) is 42.7 Å². The van der Waals surface area contributed by atoms with Gasteiger partial charge in [0.2, 0.25) is 0 Å². The minimum Gasteiger partial charge on any atom is -0.379 e. The Morgan fingerprint density at radius 3 is 2.72 bits per heavy atom. The Labute approximate surface area is 153 Å². The highest BCUT2D eigenvalue weighted by atomic mass is 35.5. The van der Waals surface area contributed by atoms with Crippen molar-refractivity contribution in [3.05, 3.63) is 64.4 Å². The number of carbonyl (C=O) groups excluding carboxylic acids is 1. The van der Waals surface area contributed by atoms with Crippen molar-refractivity contribution in [2.45, 2.75) is 13.0 Å². The molecule has 0 aliphatic carbocycles. The molecule has 0 saturated carbocycles. The standard InChI is InChI=1S/C19H22ClN3O2/c1-14-2-3-17(20)16(12-14)19(24)22-13-18(15-4-6-21-7-5-15)23-8-10-25-11-9-23/h2-7,12,18H,8-11,13H2,1H3,(H,22,24). The summed E-state index contributed by atoms with van der Waals surface area (Å²) in [6, 6.07) is 9.53. The van der Waals surface area contributed by atoms with E-state index in [-0.39, 0.29) is 11.9 Å². The van der Waals surface area contributed by atoms with Crippen molar-refractivity contribution < 1.29 is 9.53 Å². The maximum atomic E-state index is 12.6. The van der Waals surface area contributed by atoms with Crippen molar-refractivity contribution in [1.29, 1.82) is 0 Å². The van der Waals surface area contributed by atoms with E-state index in [4.69, 9.17) is 16.3 Å². The molecular formula is C19H22ClN3O2. The van der Waals surface area contributed by atoms with Crippen LogP contribution in [0.2, 0.25) is 5.02 Å². The zero-order valence-corrected chi connectivity index (χ0v) is 15.0. The first-order valence-electron chi connectivity index (χ1n) is 8.41. The van der Waals surface area contributed by atoms with Crippen LogP contribution in [0.3, 0.4) is 0 Å². The number of aromatic nitrogens is 1. The third-order valence-electron chi connectivity index (χ3n) is 4.40. The van der Waals surface area contributed by atoms with Crippen LogP contribution in [0.5, 0.6) is 0 Å². The van der Waals surface area contributed by atoms with Crippen LogP contribution >= 0.6 is 11.6 Å². The summed E-state index contributed by atoms with van der Waals surface area (Å²) in [7, 11) is 0. The molecule has 0 spiro atoms. The summed E-state index contributed by atoms with van der Waals surface area (Å²) in [5, 5.41) is 3.50. The normalized spacial score (nSPS) is 16.4. The van der Waals surface area contributed by atoms with Gasteiger partial charge in [-0.1, -0.05) is 23.2 Å². The van der Waals surface area contributed by atoms with Gasteiger partial charge in [0.25, 0.3) is 5.91 Å². The molecule has 1 aromatic heterocycles. The van der Waals surface area contributed by atoms with E-state index in [2.05, 4.69) is 15.2 Å². The van der Waals surface area contributed by atoms with Gasteiger partial charge in [-0.3, -0.25) is 14.7 Å². The van der Waals surface area contributed by atoms with Crippen molar-refractivity contribution in [3.8, 4) is 0 Å². The maximum absolute atomic E-state index is 12.6. The van der Waals surface area contributed by atoms with Crippen LogP contribution < -0.4 is 5.32 Å². The van der Waals surface area contributed by atoms with Crippen molar-refractivity contribution in [3.63, 3.8) is 0 Å². The fourth-order valence-corrected chi connectivity index (χ4v) is 3.23. The molecule has 5 nitrogen and oxygen atoms in total. The van der Waals surface area contributed by atoms with Crippen LogP contribution in [0.1, 0.15) is 27.5 Å². The van der Waals surface area contributed by atoms with E-state index in [1.807, 2.05) is 31.2 Å². The Hall–Kier alpha value is -1.95. The molecule has 1 aliphatic heterocycles. The molecule has 1 amide bonds. The number of halogens is 1. The third kappa shape index (κ3) is 4.57. The predicted octanol–water partition coefficient (Wildman–Crippen LogP) is 2.85. The number of hydrogen-bond acceptors (Lipinski definition) is 4. The molecule has 0 bridgehead atoms. The van der Waals surface area contributed by atoms with Gasteiger partial charge < -0.3 is 10.1 Å². The number of hydrogen-bond donors (Lipinski definition) is 1. The molecule has 3 rings (SSSR count). The molecule has 6 heteroatoms. The predicted molar refractivity (Wildman–Crippen MR) is 97.9 cm³/mol. The molecule has 132 valence electrons. The van der Waals surface area contributed by atoms with Gasteiger partial charge in [0.05, 0.1) is 29.8 Å². The zero-order chi connectivity index (χ0) is 17.6. The summed E-state index contributed by atoms with van der Waals surface area (Å²) >= 11 is 6.18. The summed E-state index contributed by atoms with van der Waals surface area (Å²) in [5.74, 6) is -0.152.